The molecule has 1 rings (SSSR count). The first kappa shape index (κ1) is 11.0. The molecule has 4 nitrogen and oxygen atoms in total. The summed E-state index contributed by atoms with van der Waals surface area (Å²) >= 11 is 0. The molecule has 0 radical (unpaired) electrons. The maximum absolute atomic E-state index is 11.0. The molecular formula is C11H11NO3. The Labute approximate surface area is 87.5 Å². The Morgan fingerprint density at radius 1 is 1.27 bits per heavy atom. The molecule has 4 heteroatoms. The van der Waals surface area contributed by atoms with Gasteiger partial charge in [-0.3, -0.25) is 4.79 Å². The number of hydroxylamine groups is 1. The summed E-state index contributed by atoms with van der Waals surface area (Å²) in [7, 11) is 0. The third-order valence-electron chi connectivity index (χ3n) is 1.51. The van der Waals surface area contributed by atoms with E-state index < -0.39 is 11.9 Å². The van der Waals surface area contributed by atoms with Crippen molar-refractivity contribution in [1.82, 2.24) is 5.48 Å². The smallest absolute Gasteiger partial charge is 0.336 e. The van der Waals surface area contributed by atoms with Gasteiger partial charge in [0.05, 0.1) is 0 Å². The van der Waals surface area contributed by atoms with Crippen LogP contribution in [0, 0.1) is 0 Å². The summed E-state index contributed by atoms with van der Waals surface area (Å²) in [6, 6.07) is 9.30. The van der Waals surface area contributed by atoms with Crippen LogP contribution in [0.15, 0.2) is 36.4 Å². The van der Waals surface area contributed by atoms with Crippen LogP contribution in [0.4, 0.5) is 0 Å². The third kappa shape index (κ3) is 4.61. The molecule has 78 valence electrons. The minimum Gasteiger partial charge on any atom is -0.336 e. The van der Waals surface area contributed by atoms with E-state index >= 15 is 0 Å². The van der Waals surface area contributed by atoms with E-state index in [0.29, 0.717) is 0 Å². The zero-order valence-electron chi connectivity index (χ0n) is 8.27. The fourth-order valence-corrected chi connectivity index (χ4v) is 0.885. The summed E-state index contributed by atoms with van der Waals surface area (Å²) in [6.07, 6.45) is 2.84. The fraction of sp³-hybridized carbons (Fsp3) is 0.0909. The maximum atomic E-state index is 11.0. The summed E-state index contributed by atoms with van der Waals surface area (Å²) in [4.78, 5) is 25.8. The Balaban J connectivity index is 2.44. The summed E-state index contributed by atoms with van der Waals surface area (Å²) in [5.41, 5.74) is 2.83. The van der Waals surface area contributed by atoms with Gasteiger partial charge in [-0.2, -0.15) is 5.48 Å². The fourth-order valence-electron chi connectivity index (χ4n) is 0.885. The first-order valence-electron chi connectivity index (χ1n) is 4.39. The van der Waals surface area contributed by atoms with Gasteiger partial charge >= 0.3 is 5.97 Å². The molecular weight excluding hydrogens is 194 g/mol. The normalized spacial score (nSPS) is 9.93. The lowest BCUT2D eigenvalue weighted by Crippen LogP contribution is -2.23. The van der Waals surface area contributed by atoms with Crippen molar-refractivity contribution in [2.45, 2.75) is 6.92 Å². The number of benzene rings is 1. The van der Waals surface area contributed by atoms with E-state index in [1.54, 1.807) is 6.08 Å². The Kier molecular flexibility index (Phi) is 4.09. The van der Waals surface area contributed by atoms with Gasteiger partial charge in [-0.15, -0.1) is 0 Å². The number of amides is 1. The molecule has 15 heavy (non-hydrogen) atoms. The number of carbonyl (C=O) groups excluding carboxylic acids is 2. The highest BCUT2D eigenvalue weighted by Gasteiger charge is 1.97. The van der Waals surface area contributed by atoms with Crippen LogP contribution in [-0.2, 0) is 14.4 Å². The van der Waals surface area contributed by atoms with Gasteiger partial charge in [-0.05, 0) is 11.6 Å². The van der Waals surface area contributed by atoms with Crippen LogP contribution in [0.2, 0.25) is 0 Å². The second kappa shape index (κ2) is 5.59. The predicted octanol–water partition coefficient (Wildman–Crippen LogP) is 1.29. The van der Waals surface area contributed by atoms with E-state index in [9.17, 15) is 9.59 Å². The number of carbonyl (C=O) groups is 2. The lowest BCUT2D eigenvalue weighted by atomic mass is 10.2. The summed E-state index contributed by atoms with van der Waals surface area (Å²) < 4.78 is 0. The van der Waals surface area contributed by atoms with Crippen LogP contribution in [0.1, 0.15) is 12.5 Å². The Hall–Kier alpha value is -2.10. The molecule has 0 bridgehead atoms. The quantitative estimate of drug-likeness (QED) is 0.584. The van der Waals surface area contributed by atoms with E-state index in [0.717, 1.165) is 5.56 Å². The van der Waals surface area contributed by atoms with Crippen molar-refractivity contribution < 1.29 is 14.4 Å². The highest BCUT2D eigenvalue weighted by Crippen LogP contribution is 2.00. The number of hydrogen-bond acceptors (Lipinski definition) is 3. The Morgan fingerprint density at radius 2 is 1.93 bits per heavy atom. The molecule has 0 atom stereocenters. The molecule has 0 fully saturated rings. The van der Waals surface area contributed by atoms with Crippen LogP contribution >= 0.6 is 0 Å². The van der Waals surface area contributed by atoms with E-state index in [4.69, 9.17) is 0 Å². The second-order valence-electron chi connectivity index (χ2n) is 2.82. The zero-order valence-corrected chi connectivity index (χ0v) is 8.27. The molecule has 1 amide bonds. The van der Waals surface area contributed by atoms with Gasteiger partial charge in [0.2, 0.25) is 5.91 Å². The lowest BCUT2D eigenvalue weighted by Gasteiger charge is -1.98. The van der Waals surface area contributed by atoms with Crippen LogP contribution in [0.5, 0.6) is 0 Å². The largest absolute Gasteiger partial charge is 0.355 e. The molecule has 0 spiro atoms. The lowest BCUT2D eigenvalue weighted by molar-refractivity contribution is -0.152. The molecule has 1 aromatic rings. The summed E-state index contributed by atoms with van der Waals surface area (Å²) in [6.45, 7) is 1.26. The number of rotatable bonds is 2. The van der Waals surface area contributed by atoms with Crippen LogP contribution in [0.25, 0.3) is 6.08 Å². The van der Waals surface area contributed by atoms with Crippen LogP contribution in [-0.4, -0.2) is 11.9 Å². The van der Waals surface area contributed by atoms with Gasteiger partial charge in [-0.1, -0.05) is 30.3 Å². The monoisotopic (exact) mass is 205 g/mol. The molecule has 0 saturated carbocycles. The highest BCUT2D eigenvalue weighted by atomic mass is 16.7. The van der Waals surface area contributed by atoms with Crippen LogP contribution in [0.3, 0.4) is 0 Å². The SMILES string of the molecule is CC(=O)NOC(=O)/C=C\c1ccccc1. The molecule has 0 aromatic heterocycles. The van der Waals surface area contributed by atoms with Crippen molar-refractivity contribution in [3.8, 4) is 0 Å². The maximum Gasteiger partial charge on any atom is 0.355 e. The topological polar surface area (TPSA) is 55.4 Å². The minimum absolute atomic E-state index is 0.420. The Bertz CT molecular complexity index is 371. The number of nitrogens with one attached hydrogen (secondary N) is 1. The van der Waals surface area contributed by atoms with E-state index in [1.807, 2.05) is 35.8 Å². The van der Waals surface area contributed by atoms with Crippen molar-refractivity contribution in [1.29, 1.82) is 0 Å². The van der Waals surface area contributed by atoms with Gasteiger partial charge in [0.15, 0.2) is 0 Å². The average Bonchev–Trinajstić information content (AvgIpc) is 2.25. The van der Waals surface area contributed by atoms with Gasteiger partial charge in [0.1, 0.15) is 0 Å². The van der Waals surface area contributed by atoms with Crippen molar-refractivity contribution in [3.63, 3.8) is 0 Å². The molecule has 1 aromatic carbocycles. The van der Waals surface area contributed by atoms with Gasteiger partial charge in [-0.25, -0.2) is 4.79 Å². The Morgan fingerprint density at radius 3 is 2.53 bits per heavy atom. The van der Waals surface area contributed by atoms with Crippen molar-refractivity contribution in [3.05, 3.63) is 42.0 Å². The standard InChI is InChI=1S/C11H11NO3/c1-9(13)12-15-11(14)8-7-10-5-3-2-4-6-10/h2-8H,1H3,(H,12,13)/b8-7-. The highest BCUT2D eigenvalue weighted by molar-refractivity contribution is 5.87. The summed E-state index contributed by atoms with van der Waals surface area (Å²) in [5.74, 6) is -1.04. The average molecular weight is 205 g/mol. The summed E-state index contributed by atoms with van der Waals surface area (Å²) in [5, 5.41) is 0. The predicted molar refractivity (Wildman–Crippen MR) is 55.4 cm³/mol. The van der Waals surface area contributed by atoms with E-state index in [-0.39, 0.29) is 0 Å². The molecule has 0 aliphatic rings. The first-order chi connectivity index (χ1) is 7.18. The van der Waals surface area contributed by atoms with Crippen molar-refractivity contribution in [2.24, 2.45) is 0 Å². The molecule has 0 aliphatic carbocycles. The van der Waals surface area contributed by atoms with Crippen LogP contribution < -0.4 is 5.48 Å². The zero-order chi connectivity index (χ0) is 11.1. The molecule has 1 N–H and O–H groups in total. The number of hydrogen-bond donors (Lipinski definition) is 1. The van der Waals surface area contributed by atoms with E-state index in [2.05, 4.69) is 4.84 Å². The molecule has 0 unspecified atom stereocenters. The molecule has 0 heterocycles. The van der Waals surface area contributed by atoms with Gasteiger partial charge in [0.25, 0.3) is 0 Å². The van der Waals surface area contributed by atoms with Crippen molar-refractivity contribution >= 4 is 18.0 Å². The van der Waals surface area contributed by atoms with Gasteiger partial charge in [0, 0.05) is 13.0 Å². The third-order valence-corrected chi connectivity index (χ3v) is 1.51. The molecule has 0 aliphatic heterocycles. The van der Waals surface area contributed by atoms with Gasteiger partial charge < -0.3 is 4.84 Å². The first-order valence-corrected chi connectivity index (χ1v) is 4.39. The minimum atomic E-state index is -0.617. The van der Waals surface area contributed by atoms with Crippen molar-refractivity contribution in [2.75, 3.05) is 0 Å². The second-order valence-corrected chi connectivity index (χ2v) is 2.82. The molecule has 0 saturated heterocycles. The van der Waals surface area contributed by atoms with E-state index in [1.165, 1.54) is 13.0 Å².